The van der Waals surface area contributed by atoms with Gasteiger partial charge < -0.3 is 9.47 Å². The van der Waals surface area contributed by atoms with Crippen molar-refractivity contribution in [3.05, 3.63) is 41.3 Å². The topological polar surface area (TPSA) is 52.6 Å². The summed E-state index contributed by atoms with van der Waals surface area (Å²) >= 11 is 1.27. The van der Waals surface area contributed by atoms with E-state index in [0.717, 1.165) is 4.90 Å². The Morgan fingerprint density at radius 2 is 1.58 bits per heavy atom. The van der Waals surface area contributed by atoms with Gasteiger partial charge in [-0.3, -0.25) is 0 Å². The van der Waals surface area contributed by atoms with E-state index in [0.29, 0.717) is 0 Å². The summed E-state index contributed by atoms with van der Waals surface area (Å²) in [6.07, 6.45) is 0. The van der Waals surface area contributed by atoms with Crippen LogP contribution in [0, 0.1) is 0 Å². The van der Waals surface area contributed by atoms with Gasteiger partial charge in [0.2, 0.25) is 0 Å². The van der Waals surface area contributed by atoms with Gasteiger partial charge in [0, 0.05) is 4.90 Å². The van der Waals surface area contributed by atoms with Gasteiger partial charge in [-0.1, -0.05) is 30.0 Å². The summed E-state index contributed by atoms with van der Waals surface area (Å²) in [5.41, 5.74) is -0.0856. The van der Waals surface area contributed by atoms with Crippen molar-refractivity contribution in [2.45, 2.75) is 18.7 Å². The molecule has 4 nitrogen and oxygen atoms in total. The first kappa shape index (κ1) is 15.3. The quantitative estimate of drug-likeness (QED) is 0.264. The van der Waals surface area contributed by atoms with E-state index in [1.54, 1.807) is 13.8 Å². The Kier molecular flexibility index (Phi) is 6.74. The van der Waals surface area contributed by atoms with Crippen LogP contribution < -0.4 is 0 Å². The number of ether oxygens (including phenoxy) is 2. The third-order valence-electron chi connectivity index (χ3n) is 2.05. The molecule has 0 aromatic heterocycles. The Morgan fingerprint density at radius 3 is 2.05 bits per heavy atom. The largest absolute Gasteiger partial charge is 0.462 e. The van der Waals surface area contributed by atoms with Crippen molar-refractivity contribution in [3.8, 4) is 0 Å². The number of carbonyl (C=O) groups is 2. The highest BCUT2D eigenvalue weighted by Gasteiger charge is 2.20. The predicted octanol–water partition coefficient (Wildman–Crippen LogP) is 2.79. The minimum Gasteiger partial charge on any atom is -0.462 e. The highest BCUT2D eigenvalue weighted by molar-refractivity contribution is 8.02. The van der Waals surface area contributed by atoms with E-state index < -0.39 is 11.9 Å². The molecule has 5 heteroatoms. The average Bonchev–Trinajstić information content (AvgIpc) is 2.41. The lowest BCUT2D eigenvalue weighted by Gasteiger charge is -2.06. The van der Waals surface area contributed by atoms with Gasteiger partial charge in [-0.2, -0.15) is 0 Å². The molecule has 0 N–H and O–H groups in total. The molecule has 0 fully saturated rings. The van der Waals surface area contributed by atoms with Crippen LogP contribution in [0.25, 0.3) is 0 Å². The van der Waals surface area contributed by atoms with Gasteiger partial charge in [-0.15, -0.1) is 0 Å². The number of esters is 2. The van der Waals surface area contributed by atoms with Gasteiger partial charge in [0.1, 0.15) is 0 Å². The molecule has 1 aromatic rings. The molecule has 1 rings (SSSR count). The Labute approximate surface area is 116 Å². The van der Waals surface area contributed by atoms with Crippen molar-refractivity contribution in [2.75, 3.05) is 13.2 Å². The van der Waals surface area contributed by atoms with E-state index in [2.05, 4.69) is 0 Å². The van der Waals surface area contributed by atoms with Gasteiger partial charge in [-0.05, 0) is 31.4 Å². The lowest BCUT2D eigenvalue weighted by atomic mass is 10.3. The summed E-state index contributed by atoms with van der Waals surface area (Å²) in [6.45, 7) is 3.80. The highest BCUT2D eigenvalue weighted by Crippen LogP contribution is 2.21. The molecule has 0 heterocycles. The van der Waals surface area contributed by atoms with Crippen LogP contribution in [0.15, 0.2) is 46.2 Å². The van der Waals surface area contributed by atoms with Crippen LogP contribution in [0.2, 0.25) is 0 Å². The zero-order valence-corrected chi connectivity index (χ0v) is 11.7. The highest BCUT2D eigenvalue weighted by atomic mass is 32.2. The number of benzene rings is 1. The maximum Gasteiger partial charge on any atom is 0.346 e. The molecule has 0 radical (unpaired) electrons. The SMILES string of the molecule is CCOC(=O)C(=CSc1ccccc1)C(=O)OCC. The Morgan fingerprint density at radius 1 is 1.05 bits per heavy atom. The van der Waals surface area contributed by atoms with E-state index >= 15 is 0 Å². The third kappa shape index (κ3) is 5.18. The number of thioether (sulfide) groups is 1. The van der Waals surface area contributed by atoms with Crippen molar-refractivity contribution in [3.63, 3.8) is 0 Å². The number of rotatable bonds is 6. The Hall–Kier alpha value is -1.75. The van der Waals surface area contributed by atoms with Crippen LogP contribution in [-0.4, -0.2) is 25.2 Å². The van der Waals surface area contributed by atoms with Crippen LogP contribution in [0.1, 0.15) is 13.8 Å². The zero-order chi connectivity index (χ0) is 14.1. The summed E-state index contributed by atoms with van der Waals surface area (Å²) in [5.74, 6) is -1.33. The van der Waals surface area contributed by atoms with Gasteiger partial charge in [0.05, 0.1) is 13.2 Å². The molecule has 0 aliphatic heterocycles. The fourth-order valence-electron chi connectivity index (χ4n) is 1.22. The number of hydrogen-bond donors (Lipinski definition) is 0. The summed E-state index contributed by atoms with van der Waals surface area (Å²) < 4.78 is 9.68. The lowest BCUT2D eigenvalue weighted by Crippen LogP contribution is -2.18. The fourth-order valence-corrected chi connectivity index (χ4v) is 1.98. The van der Waals surface area contributed by atoms with Crippen molar-refractivity contribution >= 4 is 23.7 Å². The molecule has 0 bridgehead atoms. The predicted molar refractivity (Wildman–Crippen MR) is 73.6 cm³/mol. The fraction of sp³-hybridized carbons (Fsp3) is 0.286. The first-order valence-electron chi connectivity index (χ1n) is 5.95. The third-order valence-corrected chi connectivity index (χ3v) is 2.94. The molecule has 102 valence electrons. The van der Waals surface area contributed by atoms with E-state index in [-0.39, 0.29) is 18.8 Å². The van der Waals surface area contributed by atoms with Crippen molar-refractivity contribution in [1.29, 1.82) is 0 Å². The second-order valence-corrected chi connectivity index (χ2v) is 4.35. The molecule has 0 unspecified atom stereocenters. The van der Waals surface area contributed by atoms with Crippen LogP contribution in [0.5, 0.6) is 0 Å². The lowest BCUT2D eigenvalue weighted by molar-refractivity contribution is -0.146. The summed E-state index contributed by atoms with van der Waals surface area (Å²) in [7, 11) is 0. The summed E-state index contributed by atoms with van der Waals surface area (Å²) in [5, 5.41) is 1.46. The molecule has 1 aromatic carbocycles. The first-order chi connectivity index (χ1) is 9.19. The van der Waals surface area contributed by atoms with E-state index in [1.165, 1.54) is 17.2 Å². The minimum absolute atomic E-state index is 0.0856. The van der Waals surface area contributed by atoms with Gasteiger partial charge in [-0.25, -0.2) is 9.59 Å². The molecule has 19 heavy (non-hydrogen) atoms. The Bertz CT molecular complexity index is 434. The smallest absolute Gasteiger partial charge is 0.346 e. The summed E-state index contributed by atoms with van der Waals surface area (Å²) in [6, 6.07) is 9.42. The van der Waals surface area contributed by atoms with Crippen LogP contribution in [0.4, 0.5) is 0 Å². The van der Waals surface area contributed by atoms with E-state index in [1.807, 2.05) is 30.3 Å². The molecular weight excluding hydrogens is 264 g/mol. The average molecular weight is 280 g/mol. The second kappa shape index (κ2) is 8.37. The Balaban J connectivity index is 2.83. The van der Waals surface area contributed by atoms with E-state index in [9.17, 15) is 9.59 Å². The van der Waals surface area contributed by atoms with Crippen LogP contribution in [-0.2, 0) is 19.1 Å². The maximum absolute atomic E-state index is 11.7. The van der Waals surface area contributed by atoms with E-state index in [4.69, 9.17) is 9.47 Å². The molecular formula is C14H16O4S. The van der Waals surface area contributed by atoms with Gasteiger partial charge >= 0.3 is 11.9 Å². The monoisotopic (exact) mass is 280 g/mol. The van der Waals surface area contributed by atoms with Crippen molar-refractivity contribution < 1.29 is 19.1 Å². The molecule has 0 saturated heterocycles. The minimum atomic E-state index is -0.663. The van der Waals surface area contributed by atoms with Crippen LogP contribution >= 0.6 is 11.8 Å². The first-order valence-corrected chi connectivity index (χ1v) is 6.83. The standard InChI is InChI=1S/C14H16O4S/c1-3-17-13(15)12(14(16)18-4-2)10-19-11-8-6-5-7-9-11/h5-10H,3-4H2,1-2H3. The van der Waals surface area contributed by atoms with Gasteiger partial charge in [0.25, 0.3) is 0 Å². The molecule has 0 amide bonds. The normalized spacial score (nSPS) is 9.58. The van der Waals surface area contributed by atoms with Gasteiger partial charge in [0.15, 0.2) is 5.57 Å². The molecule has 0 aliphatic rings. The molecule has 0 spiro atoms. The maximum atomic E-state index is 11.7. The summed E-state index contributed by atoms with van der Waals surface area (Å²) in [4.78, 5) is 24.3. The van der Waals surface area contributed by atoms with Crippen LogP contribution in [0.3, 0.4) is 0 Å². The second-order valence-electron chi connectivity index (χ2n) is 3.40. The molecule has 0 saturated carbocycles. The number of carbonyl (C=O) groups excluding carboxylic acids is 2. The van der Waals surface area contributed by atoms with Crippen molar-refractivity contribution in [2.24, 2.45) is 0 Å². The number of hydrogen-bond acceptors (Lipinski definition) is 5. The molecule has 0 atom stereocenters. The zero-order valence-electron chi connectivity index (χ0n) is 10.9. The molecule has 0 aliphatic carbocycles. The van der Waals surface area contributed by atoms with Crippen molar-refractivity contribution in [1.82, 2.24) is 0 Å².